The molecular weight excluding hydrogens is 262 g/mol. The number of hydrogen-bond acceptors (Lipinski definition) is 3. The van der Waals surface area contributed by atoms with Crippen molar-refractivity contribution in [2.75, 3.05) is 5.73 Å². The van der Waals surface area contributed by atoms with E-state index < -0.39 is 23.5 Å². The van der Waals surface area contributed by atoms with E-state index in [0.717, 1.165) is 6.20 Å². The van der Waals surface area contributed by atoms with Gasteiger partial charge in [-0.15, -0.1) is 0 Å². The van der Waals surface area contributed by atoms with E-state index in [2.05, 4.69) is 20.9 Å². The highest BCUT2D eigenvalue weighted by molar-refractivity contribution is 9.10. The van der Waals surface area contributed by atoms with E-state index >= 15 is 0 Å². The van der Waals surface area contributed by atoms with Crippen molar-refractivity contribution in [3.05, 3.63) is 21.8 Å². The minimum Gasteiger partial charge on any atom is -0.478 e. The number of pyridine rings is 1. The molecule has 0 radical (unpaired) electrons. The van der Waals surface area contributed by atoms with Gasteiger partial charge in [-0.2, -0.15) is 0 Å². The van der Waals surface area contributed by atoms with E-state index in [1.165, 1.54) is 0 Å². The Labute approximate surface area is 85.9 Å². The standard InChI is InChI=1S/C7H5BrF2N2O2/c8-4-3(5(9)10)2(7(13)14)1-12-6(4)11/h1,5H,(H2,11,12)(H,13,14). The maximum Gasteiger partial charge on any atom is 0.337 e. The lowest BCUT2D eigenvalue weighted by Gasteiger charge is -2.08. The highest BCUT2D eigenvalue weighted by Gasteiger charge is 2.23. The van der Waals surface area contributed by atoms with Crippen LogP contribution in [0, 0.1) is 0 Å². The molecule has 0 aromatic carbocycles. The zero-order valence-corrected chi connectivity index (χ0v) is 8.25. The first-order valence-corrected chi connectivity index (χ1v) is 4.19. The van der Waals surface area contributed by atoms with Crippen LogP contribution in [0.1, 0.15) is 22.3 Å². The molecule has 0 saturated heterocycles. The molecule has 0 aliphatic heterocycles. The molecule has 0 fully saturated rings. The fourth-order valence-corrected chi connectivity index (χ4v) is 1.39. The first kappa shape index (κ1) is 10.8. The van der Waals surface area contributed by atoms with E-state index in [9.17, 15) is 13.6 Å². The Balaban J connectivity index is 3.45. The number of hydrogen-bond donors (Lipinski definition) is 2. The van der Waals surface area contributed by atoms with Crippen molar-refractivity contribution in [2.24, 2.45) is 0 Å². The molecule has 0 aliphatic rings. The molecule has 1 heterocycles. The average molecular weight is 267 g/mol. The van der Waals surface area contributed by atoms with Crippen LogP contribution in [0.4, 0.5) is 14.6 Å². The van der Waals surface area contributed by atoms with Crippen LogP contribution in [0.3, 0.4) is 0 Å². The molecule has 0 saturated carbocycles. The van der Waals surface area contributed by atoms with Gasteiger partial charge in [0.25, 0.3) is 6.43 Å². The smallest absolute Gasteiger partial charge is 0.337 e. The van der Waals surface area contributed by atoms with E-state index in [0.29, 0.717) is 0 Å². The molecule has 1 aromatic rings. The summed E-state index contributed by atoms with van der Waals surface area (Å²) in [4.78, 5) is 14.0. The predicted octanol–water partition coefficient (Wildman–Crippen LogP) is 2.06. The number of carboxylic acid groups (broad SMARTS) is 1. The fraction of sp³-hybridized carbons (Fsp3) is 0.143. The Morgan fingerprint density at radius 2 is 2.21 bits per heavy atom. The molecule has 0 amide bonds. The van der Waals surface area contributed by atoms with Crippen LogP contribution in [0.25, 0.3) is 0 Å². The summed E-state index contributed by atoms with van der Waals surface area (Å²) < 4.78 is 24.7. The van der Waals surface area contributed by atoms with Crippen LogP contribution in [0.5, 0.6) is 0 Å². The van der Waals surface area contributed by atoms with Crippen LogP contribution in [0.2, 0.25) is 0 Å². The summed E-state index contributed by atoms with van der Waals surface area (Å²) in [5.41, 5.74) is 4.04. The number of nitrogens with two attached hydrogens (primary N) is 1. The SMILES string of the molecule is Nc1ncc(C(=O)O)c(C(F)F)c1Br. The minimum absolute atomic E-state index is 0.162. The Morgan fingerprint density at radius 1 is 1.64 bits per heavy atom. The third-order valence-electron chi connectivity index (χ3n) is 1.53. The van der Waals surface area contributed by atoms with Crippen LogP contribution in [-0.2, 0) is 0 Å². The first-order valence-electron chi connectivity index (χ1n) is 3.40. The predicted molar refractivity (Wildman–Crippen MR) is 48.3 cm³/mol. The summed E-state index contributed by atoms with van der Waals surface area (Å²) in [6, 6.07) is 0. The number of carboxylic acids is 1. The second kappa shape index (κ2) is 3.87. The van der Waals surface area contributed by atoms with Gasteiger partial charge >= 0.3 is 5.97 Å². The summed E-state index contributed by atoms with van der Waals surface area (Å²) in [6.07, 6.45) is -2.11. The van der Waals surface area contributed by atoms with Crippen molar-refractivity contribution in [1.82, 2.24) is 4.98 Å². The second-order valence-corrected chi connectivity index (χ2v) is 3.18. The summed E-state index contributed by atoms with van der Waals surface area (Å²) in [6.45, 7) is 0. The molecule has 1 aromatic heterocycles. The Kier molecular flexibility index (Phi) is 3.00. The zero-order valence-electron chi connectivity index (χ0n) is 6.67. The van der Waals surface area contributed by atoms with Gasteiger partial charge in [0.15, 0.2) is 0 Å². The van der Waals surface area contributed by atoms with E-state index in [4.69, 9.17) is 10.8 Å². The van der Waals surface area contributed by atoms with Gasteiger partial charge in [-0.1, -0.05) is 0 Å². The third-order valence-corrected chi connectivity index (χ3v) is 2.37. The Hall–Kier alpha value is -1.24. The van der Waals surface area contributed by atoms with Gasteiger partial charge < -0.3 is 10.8 Å². The lowest BCUT2D eigenvalue weighted by molar-refractivity contribution is 0.0683. The largest absolute Gasteiger partial charge is 0.478 e. The Morgan fingerprint density at radius 3 is 2.64 bits per heavy atom. The quantitative estimate of drug-likeness (QED) is 0.859. The monoisotopic (exact) mass is 266 g/mol. The number of halogens is 3. The number of nitrogens with zero attached hydrogens (tertiary/aromatic N) is 1. The van der Waals surface area contributed by atoms with E-state index in [1.807, 2.05) is 0 Å². The van der Waals surface area contributed by atoms with Crippen LogP contribution < -0.4 is 5.73 Å². The molecule has 0 spiro atoms. The van der Waals surface area contributed by atoms with Gasteiger partial charge in [0.1, 0.15) is 5.82 Å². The summed E-state index contributed by atoms with van der Waals surface area (Å²) in [7, 11) is 0. The van der Waals surface area contributed by atoms with Crippen molar-refractivity contribution in [2.45, 2.75) is 6.43 Å². The number of nitrogen functional groups attached to an aromatic ring is 1. The van der Waals surface area contributed by atoms with E-state index in [1.54, 1.807) is 0 Å². The van der Waals surface area contributed by atoms with Gasteiger partial charge in [-0.3, -0.25) is 0 Å². The highest BCUT2D eigenvalue weighted by atomic mass is 79.9. The Bertz CT molecular complexity index is 384. The van der Waals surface area contributed by atoms with Gasteiger partial charge in [0.05, 0.1) is 15.6 Å². The molecule has 0 aliphatic carbocycles. The number of alkyl halides is 2. The fourth-order valence-electron chi connectivity index (χ4n) is 0.900. The maximum absolute atomic E-state index is 12.5. The summed E-state index contributed by atoms with van der Waals surface area (Å²) in [5.74, 6) is -1.63. The van der Waals surface area contributed by atoms with Crippen LogP contribution in [0.15, 0.2) is 10.7 Å². The molecule has 3 N–H and O–H groups in total. The lowest BCUT2D eigenvalue weighted by Crippen LogP contribution is -2.07. The van der Waals surface area contributed by atoms with Gasteiger partial charge in [-0.25, -0.2) is 18.6 Å². The molecule has 7 heteroatoms. The average Bonchev–Trinajstić information content (AvgIpc) is 2.08. The molecule has 0 unspecified atom stereocenters. The zero-order chi connectivity index (χ0) is 10.9. The number of anilines is 1. The number of aromatic nitrogens is 1. The lowest BCUT2D eigenvalue weighted by atomic mass is 10.1. The van der Waals surface area contributed by atoms with Gasteiger partial charge in [0.2, 0.25) is 0 Å². The molecule has 1 rings (SSSR count). The molecule has 4 nitrogen and oxygen atoms in total. The van der Waals surface area contributed by atoms with Crippen molar-refractivity contribution in [3.63, 3.8) is 0 Å². The number of aromatic carboxylic acids is 1. The first-order chi connectivity index (χ1) is 6.45. The topological polar surface area (TPSA) is 76.2 Å². The summed E-state index contributed by atoms with van der Waals surface area (Å²) in [5, 5.41) is 8.59. The normalized spacial score (nSPS) is 10.6. The second-order valence-electron chi connectivity index (χ2n) is 2.39. The molecule has 0 bridgehead atoms. The molecule has 14 heavy (non-hydrogen) atoms. The highest BCUT2D eigenvalue weighted by Crippen LogP contribution is 2.33. The van der Waals surface area contributed by atoms with Crippen molar-refractivity contribution in [3.8, 4) is 0 Å². The molecular formula is C7H5BrF2N2O2. The van der Waals surface area contributed by atoms with Crippen LogP contribution >= 0.6 is 15.9 Å². The van der Waals surface area contributed by atoms with E-state index in [-0.39, 0.29) is 10.3 Å². The van der Waals surface area contributed by atoms with Crippen molar-refractivity contribution < 1.29 is 18.7 Å². The van der Waals surface area contributed by atoms with Crippen LogP contribution in [-0.4, -0.2) is 16.1 Å². The summed E-state index contributed by atoms with van der Waals surface area (Å²) >= 11 is 2.77. The van der Waals surface area contributed by atoms with Crippen molar-refractivity contribution in [1.29, 1.82) is 0 Å². The van der Waals surface area contributed by atoms with Gasteiger partial charge in [0, 0.05) is 6.20 Å². The maximum atomic E-state index is 12.5. The molecule has 76 valence electrons. The number of rotatable bonds is 2. The minimum atomic E-state index is -2.92. The molecule has 0 atom stereocenters. The van der Waals surface area contributed by atoms with Gasteiger partial charge in [-0.05, 0) is 15.9 Å². The van der Waals surface area contributed by atoms with Crippen molar-refractivity contribution >= 4 is 27.7 Å². The number of carbonyl (C=O) groups is 1. The third kappa shape index (κ3) is 1.82.